The van der Waals surface area contributed by atoms with Gasteiger partial charge in [0.05, 0.1) is 17.2 Å². The van der Waals surface area contributed by atoms with Gasteiger partial charge in [-0.25, -0.2) is 14.8 Å². The molecule has 2 heterocycles. The lowest BCUT2D eigenvalue weighted by Crippen LogP contribution is -2.28. The average Bonchev–Trinajstić information content (AvgIpc) is 3.15. The molecule has 0 radical (unpaired) electrons. The molecule has 3 rings (SSSR count). The Labute approximate surface area is 142 Å². The van der Waals surface area contributed by atoms with Crippen LogP contribution in [0.4, 0.5) is 10.5 Å². The molecule has 1 aromatic carbocycles. The van der Waals surface area contributed by atoms with Crippen molar-refractivity contribution in [1.29, 1.82) is 0 Å². The Morgan fingerprint density at radius 2 is 1.87 bits per heavy atom. The second-order valence-electron chi connectivity index (χ2n) is 5.04. The molecule has 23 heavy (non-hydrogen) atoms. The summed E-state index contributed by atoms with van der Waals surface area (Å²) >= 11 is 3.19. The Balaban J connectivity index is 1.56. The molecular weight excluding hydrogens is 328 g/mol. The Morgan fingerprint density at radius 3 is 2.48 bits per heavy atom. The van der Waals surface area contributed by atoms with Gasteiger partial charge in [-0.15, -0.1) is 22.7 Å². The first-order chi connectivity index (χ1) is 11.1. The van der Waals surface area contributed by atoms with Crippen molar-refractivity contribution >= 4 is 34.4 Å². The number of nitrogens with zero attached hydrogens (tertiary/aromatic N) is 2. The van der Waals surface area contributed by atoms with Gasteiger partial charge in [0.1, 0.15) is 5.01 Å². The van der Waals surface area contributed by atoms with Gasteiger partial charge in [-0.1, -0.05) is 0 Å². The van der Waals surface area contributed by atoms with Crippen LogP contribution in [0.25, 0.3) is 10.6 Å². The molecule has 0 atom stereocenters. The Morgan fingerprint density at radius 1 is 1.09 bits per heavy atom. The number of carbonyl (C=O) groups is 1. The smallest absolute Gasteiger partial charge is 0.319 e. The third kappa shape index (κ3) is 4.14. The monoisotopic (exact) mass is 344 g/mol. The second kappa shape index (κ2) is 6.89. The molecule has 2 N–H and O–H groups in total. The third-order valence-electron chi connectivity index (χ3n) is 3.11. The number of rotatable bonds is 4. The van der Waals surface area contributed by atoms with E-state index in [0.717, 1.165) is 32.7 Å². The number of anilines is 1. The Kier molecular flexibility index (Phi) is 4.68. The lowest BCUT2D eigenvalue weighted by molar-refractivity contribution is 0.251. The molecule has 0 bridgehead atoms. The number of benzene rings is 1. The Bertz CT molecular complexity index is 808. The topological polar surface area (TPSA) is 66.9 Å². The van der Waals surface area contributed by atoms with Gasteiger partial charge in [0.25, 0.3) is 0 Å². The minimum Gasteiger partial charge on any atom is -0.332 e. The van der Waals surface area contributed by atoms with Crippen LogP contribution >= 0.6 is 22.7 Å². The van der Waals surface area contributed by atoms with E-state index in [1.807, 2.05) is 48.9 Å². The molecular formula is C16H16N4OS2. The highest BCUT2D eigenvalue weighted by Crippen LogP contribution is 2.24. The average molecular weight is 344 g/mol. The van der Waals surface area contributed by atoms with Gasteiger partial charge in [-0.3, -0.25) is 0 Å². The zero-order valence-corrected chi connectivity index (χ0v) is 14.4. The number of hydrogen-bond acceptors (Lipinski definition) is 5. The van der Waals surface area contributed by atoms with Gasteiger partial charge in [-0.05, 0) is 38.1 Å². The normalized spacial score (nSPS) is 10.5. The van der Waals surface area contributed by atoms with Crippen LogP contribution in [0.2, 0.25) is 0 Å². The van der Waals surface area contributed by atoms with Crippen molar-refractivity contribution in [3.63, 3.8) is 0 Å². The highest BCUT2D eigenvalue weighted by atomic mass is 32.1. The first kappa shape index (κ1) is 15.6. The van der Waals surface area contributed by atoms with E-state index in [9.17, 15) is 4.79 Å². The number of aromatic nitrogens is 2. The second-order valence-corrected chi connectivity index (χ2v) is 6.96. The van der Waals surface area contributed by atoms with E-state index < -0.39 is 0 Å². The fourth-order valence-corrected chi connectivity index (χ4v) is 3.43. The molecule has 0 unspecified atom stereocenters. The van der Waals surface area contributed by atoms with E-state index in [4.69, 9.17) is 0 Å². The maximum absolute atomic E-state index is 11.9. The lowest BCUT2D eigenvalue weighted by atomic mass is 10.2. The van der Waals surface area contributed by atoms with Crippen molar-refractivity contribution in [1.82, 2.24) is 15.3 Å². The molecule has 2 amide bonds. The van der Waals surface area contributed by atoms with Gasteiger partial charge in [0.2, 0.25) is 0 Å². The van der Waals surface area contributed by atoms with Crippen molar-refractivity contribution in [2.45, 2.75) is 20.4 Å². The number of hydrogen-bond donors (Lipinski definition) is 2. The molecule has 0 saturated heterocycles. The van der Waals surface area contributed by atoms with Crippen LogP contribution in [0.15, 0.2) is 35.0 Å². The maximum atomic E-state index is 11.9. The molecule has 0 aliphatic carbocycles. The highest BCUT2D eigenvalue weighted by Gasteiger charge is 2.05. The van der Waals surface area contributed by atoms with Gasteiger partial charge < -0.3 is 10.6 Å². The van der Waals surface area contributed by atoms with Crippen LogP contribution in [0, 0.1) is 13.8 Å². The van der Waals surface area contributed by atoms with Gasteiger partial charge in [0.15, 0.2) is 0 Å². The summed E-state index contributed by atoms with van der Waals surface area (Å²) in [4.78, 5) is 20.7. The number of carbonyl (C=O) groups excluding carboxylic acids is 1. The summed E-state index contributed by atoms with van der Waals surface area (Å²) in [5.74, 6) is 0. The van der Waals surface area contributed by atoms with Crippen molar-refractivity contribution in [3.8, 4) is 10.6 Å². The van der Waals surface area contributed by atoms with Crippen LogP contribution in [0.5, 0.6) is 0 Å². The Hall–Kier alpha value is -2.25. The van der Waals surface area contributed by atoms with E-state index in [-0.39, 0.29) is 6.03 Å². The van der Waals surface area contributed by atoms with Crippen molar-refractivity contribution in [3.05, 3.63) is 51.4 Å². The van der Waals surface area contributed by atoms with Gasteiger partial charge >= 0.3 is 6.03 Å². The molecule has 0 aliphatic heterocycles. The fourth-order valence-electron chi connectivity index (χ4n) is 2.02. The molecule has 0 aliphatic rings. The fraction of sp³-hybridized carbons (Fsp3) is 0.188. The number of thiazole rings is 2. The number of aryl methyl sites for hydroxylation is 2. The minimum absolute atomic E-state index is 0.242. The summed E-state index contributed by atoms with van der Waals surface area (Å²) < 4.78 is 0. The molecule has 5 nitrogen and oxygen atoms in total. The van der Waals surface area contributed by atoms with Crippen LogP contribution in [0.3, 0.4) is 0 Å². The molecule has 2 aromatic heterocycles. The van der Waals surface area contributed by atoms with E-state index in [0.29, 0.717) is 6.54 Å². The predicted molar refractivity (Wildman–Crippen MR) is 95.0 cm³/mol. The molecule has 7 heteroatoms. The maximum Gasteiger partial charge on any atom is 0.319 e. The van der Waals surface area contributed by atoms with Gasteiger partial charge in [-0.2, -0.15) is 0 Å². The zero-order valence-electron chi connectivity index (χ0n) is 12.8. The number of amides is 2. The third-order valence-corrected chi connectivity index (χ3v) is 4.94. The van der Waals surface area contributed by atoms with Crippen molar-refractivity contribution in [2.24, 2.45) is 0 Å². The van der Waals surface area contributed by atoms with Crippen LogP contribution in [-0.4, -0.2) is 16.0 Å². The summed E-state index contributed by atoms with van der Waals surface area (Å²) in [6, 6.07) is 7.42. The van der Waals surface area contributed by atoms with E-state index >= 15 is 0 Å². The van der Waals surface area contributed by atoms with E-state index in [1.54, 1.807) is 22.7 Å². The van der Waals surface area contributed by atoms with Crippen LogP contribution in [0.1, 0.15) is 16.4 Å². The predicted octanol–water partition coefficient (Wildman–Crippen LogP) is 4.21. The molecule has 3 aromatic rings. The summed E-state index contributed by atoms with van der Waals surface area (Å²) in [6.07, 6.45) is 0. The van der Waals surface area contributed by atoms with Gasteiger partial charge in [0, 0.05) is 27.7 Å². The van der Waals surface area contributed by atoms with Crippen molar-refractivity contribution in [2.75, 3.05) is 5.32 Å². The summed E-state index contributed by atoms with van der Waals surface area (Å²) in [7, 11) is 0. The standard InChI is InChI=1S/C16H16N4OS2/c1-10-8-23-15(18-10)12-3-5-13(6-4-12)20-16(21)17-7-14-9-22-11(2)19-14/h3-6,8-9H,7H2,1-2H3,(H2,17,20,21). The zero-order chi connectivity index (χ0) is 16.2. The number of nitrogens with one attached hydrogen (secondary N) is 2. The molecule has 0 saturated carbocycles. The SMILES string of the molecule is Cc1csc(-c2ccc(NC(=O)NCc3csc(C)n3)cc2)n1. The summed E-state index contributed by atoms with van der Waals surface area (Å²) in [5, 5.41) is 11.6. The lowest BCUT2D eigenvalue weighted by Gasteiger charge is -2.07. The van der Waals surface area contributed by atoms with Crippen molar-refractivity contribution < 1.29 is 4.79 Å². The molecule has 118 valence electrons. The van der Waals surface area contributed by atoms with E-state index in [2.05, 4.69) is 20.6 Å². The highest BCUT2D eigenvalue weighted by molar-refractivity contribution is 7.13. The molecule has 0 fully saturated rings. The van der Waals surface area contributed by atoms with E-state index in [1.165, 1.54) is 0 Å². The number of urea groups is 1. The first-order valence-corrected chi connectivity index (χ1v) is 8.84. The first-order valence-electron chi connectivity index (χ1n) is 7.08. The van der Waals surface area contributed by atoms with Crippen LogP contribution < -0.4 is 10.6 Å². The van der Waals surface area contributed by atoms with Crippen LogP contribution in [-0.2, 0) is 6.54 Å². The quantitative estimate of drug-likeness (QED) is 0.745. The minimum atomic E-state index is -0.242. The summed E-state index contributed by atoms with van der Waals surface area (Å²) in [6.45, 7) is 4.34. The largest absolute Gasteiger partial charge is 0.332 e. The molecule has 0 spiro atoms. The summed E-state index contributed by atoms with van der Waals surface area (Å²) in [5.41, 5.74) is 3.68.